The van der Waals surface area contributed by atoms with Crippen molar-refractivity contribution in [2.75, 3.05) is 7.11 Å². The SMILES string of the molecule is COc1cc(C)c(C(N)c2ccc(F)cc2Br)cc1C. The number of hydrogen-bond acceptors (Lipinski definition) is 2. The molecule has 2 aromatic rings. The fourth-order valence-corrected chi connectivity index (χ4v) is 2.89. The topological polar surface area (TPSA) is 35.2 Å². The van der Waals surface area contributed by atoms with Gasteiger partial charge in [-0.05, 0) is 54.3 Å². The predicted molar refractivity (Wildman–Crippen MR) is 82.6 cm³/mol. The number of halogens is 2. The second-order valence-corrected chi connectivity index (χ2v) is 5.68. The lowest BCUT2D eigenvalue weighted by Crippen LogP contribution is -2.14. The lowest BCUT2D eigenvalue weighted by molar-refractivity contribution is 0.411. The summed E-state index contributed by atoms with van der Waals surface area (Å²) >= 11 is 3.37. The fraction of sp³-hybridized carbons (Fsp3) is 0.250. The van der Waals surface area contributed by atoms with Crippen LogP contribution in [-0.2, 0) is 0 Å². The number of benzene rings is 2. The Bertz CT molecular complexity index is 643. The number of aryl methyl sites for hydroxylation is 2. The van der Waals surface area contributed by atoms with E-state index in [9.17, 15) is 4.39 Å². The Balaban J connectivity index is 2.48. The third-order valence-corrected chi connectivity index (χ3v) is 4.10. The molecule has 0 aliphatic carbocycles. The van der Waals surface area contributed by atoms with Crippen LogP contribution in [0.25, 0.3) is 0 Å². The first kappa shape index (κ1) is 15.0. The molecule has 2 nitrogen and oxygen atoms in total. The normalized spacial score (nSPS) is 12.3. The molecule has 0 bridgehead atoms. The van der Waals surface area contributed by atoms with E-state index in [0.717, 1.165) is 28.0 Å². The molecule has 0 aromatic heterocycles. The van der Waals surface area contributed by atoms with Gasteiger partial charge in [0, 0.05) is 4.47 Å². The molecule has 1 atom stereocenters. The third kappa shape index (κ3) is 2.86. The van der Waals surface area contributed by atoms with E-state index < -0.39 is 0 Å². The van der Waals surface area contributed by atoms with Crippen LogP contribution in [0.2, 0.25) is 0 Å². The molecule has 0 amide bonds. The number of hydrogen-bond donors (Lipinski definition) is 1. The predicted octanol–water partition coefficient (Wildman–Crippen LogP) is 4.26. The number of rotatable bonds is 3. The summed E-state index contributed by atoms with van der Waals surface area (Å²) in [5, 5.41) is 0. The molecule has 4 heteroatoms. The average molecular weight is 338 g/mol. The van der Waals surface area contributed by atoms with Crippen LogP contribution in [-0.4, -0.2) is 7.11 Å². The van der Waals surface area contributed by atoms with Crippen molar-refractivity contribution in [2.24, 2.45) is 5.73 Å². The smallest absolute Gasteiger partial charge is 0.124 e. The van der Waals surface area contributed by atoms with Crippen molar-refractivity contribution in [1.82, 2.24) is 0 Å². The minimum absolute atomic E-state index is 0.282. The second-order valence-electron chi connectivity index (χ2n) is 4.82. The first-order valence-electron chi connectivity index (χ1n) is 6.29. The highest BCUT2D eigenvalue weighted by atomic mass is 79.9. The summed E-state index contributed by atoms with van der Waals surface area (Å²) in [5.41, 5.74) is 10.3. The Morgan fingerprint density at radius 1 is 1.10 bits per heavy atom. The number of nitrogens with two attached hydrogens (primary N) is 1. The van der Waals surface area contributed by atoms with Crippen LogP contribution < -0.4 is 10.5 Å². The Labute approximate surface area is 126 Å². The molecule has 2 rings (SSSR count). The highest BCUT2D eigenvalue weighted by Gasteiger charge is 2.16. The van der Waals surface area contributed by atoms with E-state index in [0.29, 0.717) is 4.47 Å². The van der Waals surface area contributed by atoms with Gasteiger partial charge in [-0.1, -0.05) is 28.1 Å². The maximum atomic E-state index is 13.2. The molecule has 20 heavy (non-hydrogen) atoms. The molecule has 0 aliphatic heterocycles. The monoisotopic (exact) mass is 337 g/mol. The van der Waals surface area contributed by atoms with Crippen molar-refractivity contribution < 1.29 is 9.13 Å². The molecule has 106 valence electrons. The molecular weight excluding hydrogens is 321 g/mol. The molecular formula is C16H17BrFNO. The van der Waals surface area contributed by atoms with Gasteiger partial charge in [0.1, 0.15) is 11.6 Å². The summed E-state index contributed by atoms with van der Waals surface area (Å²) in [4.78, 5) is 0. The summed E-state index contributed by atoms with van der Waals surface area (Å²) in [6.45, 7) is 3.97. The summed E-state index contributed by atoms with van der Waals surface area (Å²) < 4.78 is 19.2. The molecule has 0 aliphatic rings. The van der Waals surface area contributed by atoms with Gasteiger partial charge in [0.25, 0.3) is 0 Å². The van der Waals surface area contributed by atoms with Gasteiger partial charge >= 0.3 is 0 Å². The molecule has 2 N–H and O–H groups in total. The Morgan fingerprint density at radius 2 is 1.80 bits per heavy atom. The van der Waals surface area contributed by atoms with Gasteiger partial charge in [-0.15, -0.1) is 0 Å². The number of methoxy groups -OCH3 is 1. The van der Waals surface area contributed by atoms with Gasteiger partial charge < -0.3 is 10.5 Å². The van der Waals surface area contributed by atoms with Crippen LogP contribution in [0.15, 0.2) is 34.8 Å². The zero-order valence-corrected chi connectivity index (χ0v) is 13.3. The van der Waals surface area contributed by atoms with Crippen molar-refractivity contribution in [1.29, 1.82) is 0 Å². The molecule has 2 aromatic carbocycles. The molecule has 0 radical (unpaired) electrons. The van der Waals surface area contributed by atoms with E-state index >= 15 is 0 Å². The third-order valence-electron chi connectivity index (χ3n) is 3.42. The molecule has 1 unspecified atom stereocenters. The zero-order chi connectivity index (χ0) is 14.9. The average Bonchev–Trinajstić information content (AvgIpc) is 2.40. The largest absolute Gasteiger partial charge is 0.496 e. The van der Waals surface area contributed by atoms with Crippen LogP contribution >= 0.6 is 15.9 Å². The van der Waals surface area contributed by atoms with Gasteiger partial charge in [-0.2, -0.15) is 0 Å². The van der Waals surface area contributed by atoms with Crippen LogP contribution in [0.1, 0.15) is 28.3 Å². The van der Waals surface area contributed by atoms with Gasteiger partial charge in [0.2, 0.25) is 0 Å². The summed E-state index contributed by atoms with van der Waals surface area (Å²) in [7, 11) is 1.65. The fourth-order valence-electron chi connectivity index (χ4n) is 2.29. The maximum absolute atomic E-state index is 13.2. The van der Waals surface area contributed by atoms with Crippen LogP contribution in [0, 0.1) is 19.7 Å². The molecule has 0 fully saturated rings. The lowest BCUT2D eigenvalue weighted by atomic mass is 9.94. The van der Waals surface area contributed by atoms with E-state index in [1.54, 1.807) is 13.2 Å². The van der Waals surface area contributed by atoms with E-state index in [4.69, 9.17) is 10.5 Å². The van der Waals surface area contributed by atoms with Gasteiger partial charge in [0.05, 0.1) is 13.2 Å². The molecule has 0 heterocycles. The Kier molecular flexibility index (Phi) is 4.45. The van der Waals surface area contributed by atoms with Gasteiger partial charge in [-0.3, -0.25) is 0 Å². The second kappa shape index (κ2) is 5.94. The first-order valence-corrected chi connectivity index (χ1v) is 7.09. The van der Waals surface area contributed by atoms with E-state index in [1.165, 1.54) is 12.1 Å². The maximum Gasteiger partial charge on any atom is 0.124 e. The van der Waals surface area contributed by atoms with Crippen molar-refractivity contribution in [3.63, 3.8) is 0 Å². The summed E-state index contributed by atoms with van der Waals surface area (Å²) in [6.07, 6.45) is 0. The minimum Gasteiger partial charge on any atom is -0.496 e. The molecule has 0 saturated carbocycles. The highest BCUT2D eigenvalue weighted by molar-refractivity contribution is 9.10. The van der Waals surface area contributed by atoms with Crippen LogP contribution in [0.3, 0.4) is 0 Å². The Morgan fingerprint density at radius 3 is 2.40 bits per heavy atom. The van der Waals surface area contributed by atoms with Crippen LogP contribution in [0.4, 0.5) is 4.39 Å². The summed E-state index contributed by atoms with van der Waals surface area (Å²) in [6, 6.07) is 8.25. The zero-order valence-electron chi connectivity index (χ0n) is 11.7. The van der Waals surface area contributed by atoms with Crippen molar-refractivity contribution >= 4 is 15.9 Å². The lowest BCUT2D eigenvalue weighted by Gasteiger charge is -2.19. The standard InChI is InChI=1S/C16H17BrFNO/c1-9-7-15(20-3)10(2)6-13(9)16(19)12-5-4-11(18)8-14(12)17/h4-8,16H,19H2,1-3H3. The first-order chi connectivity index (χ1) is 9.43. The quantitative estimate of drug-likeness (QED) is 0.907. The van der Waals surface area contributed by atoms with E-state index in [2.05, 4.69) is 15.9 Å². The molecule has 0 saturated heterocycles. The van der Waals surface area contributed by atoms with Crippen molar-refractivity contribution in [2.45, 2.75) is 19.9 Å². The molecule has 0 spiro atoms. The highest BCUT2D eigenvalue weighted by Crippen LogP contribution is 2.32. The van der Waals surface area contributed by atoms with Crippen molar-refractivity contribution in [3.8, 4) is 5.75 Å². The summed E-state index contributed by atoms with van der Waals surface area (Å²) in [5.74, 6) is 0.562. The van der Waals surface area contributed by atoms with Gasteiger partial charge in [-0.25, -0.2) is 4.39 Å². The van der Waals surface area contributed by atoms with Gasteiger partial charge in [0.15, 0.2) is 0 Å². The van der Waals surface area contributed by atoms with Crippen LogP contribution in [0.5, 0.6) is 5.75 Å². The minimum atomic E-state index is -0.311. The van der Waals surface area contributed by atoms with E-state index in [-0.39, 0.29) is 11.9 Å². The number of ether oxygens (including phenoxy) is 1. The Hall–Kier alpha value is -1.39. The van der Waals surface area contributed by atoms with Crippen molar-refractivity contribution in [3.05, 3.63) is 62.9 Å². The van der Waals surface area contributed by atoms with E-state index in [1.807, 2.05) is 26.0 Å².